The van der Waals surface area contributed by atoms with Gasteiger partial charge < -0.3 is 10.2 Å². The van der Waals surface area contributed by atoms with Crippen molar-refractivity contribution in [3.05, 3.63) is 34.9 Å². The molecule has 0 saturated carbocycles. The lowest BCUT2D eigenvalue weighted by molar-refractivity contribution is 0.201. The van der Waals surface area contributed by atoms with Gasteiger partial charge in [-0.3, -0.25) is 0 Å². The highest BCUT2D eigenvalue weighted by molar-refractivity contribution is 7.90. The molecule has 0 spiro atoms. The first-order chi connectivity index (χ1) is 10.3. The predicted molar refractivity (Wildman–Crippen MR) is 92.2 cm³/mol. The Balaban J connectivity index is 1.76. The molecule has 0 unspecified atom stereocenters. The van der Waals surface area contributed by atoms with Gasteiger partial charge in [-0.25, -0.2) is 8.42 Å². The molecule has 1 fully saturated rings. The monoisotopic (exact) mass is 344 g/mol. The largest absolute Gasteiger partial charge is 0.307 e. The van der Waals surface area contributed by atoms with Gasteiger partial charge in [0, 0.05) is 29.9 Å². The summed E-state index contributed by atoms with van der Waals surface area (Å²) in [5, 5.41) is 4.42. The highest BCUT2D eigenvalue weighted by Gasteiger charge is 2.21. The number of halogens is 1. The van der Waals surface area contributed by atoms with Gasteiger partial charge in [0.05, 0.1) is 5.75 Å². The van der Waals surface area contributed by atoms with Gasteiger partial charge in [0.2, 0.25) is 0 Å². The number of likely N-dealkylation sites (tertiary alicyclic amines) is 1. The highest BCUT2D eigenvalue weighted by atomic mass is 35.5. The minimum atomic E-state index is -2.86. The Kier molecular flexibility index (Phi) is 6.26. The van der Waals surface area contributed by atoms with Crippen molar-refractivity contribution in [3.63, 3.8) is 0 Å². The summed E-state index contributed by atoms with van der Waals surface area (Å²) in [5.41, 5.74) is 1.24. The molecule has 0 radical (unpaired) electrons. The van der Waals surface area contributed by atoms with Crippen LogP contribution in [-0.4, -0.2) is 51.0 Å². The molecule has 2 rings (SSSR count). The number of piperidine rings is 1. The molecule has 0 aromatic heterocycles. The van der Waals surface area contributed by atoms with Crippen molar-refractivity contribution in [2.24, 2.45) is 0 Å². The molecule has 1 aliphatic heterocycles. The molecule has 0 aliphatic carbocycles. The quantitative estimate of drug-likeness (QED) is 0.861. The number of benzene rings is 1. The number of hydrogen-bond donors (Lipinski definition) is 1. The zero-order chi connectivity index (χ0) is 16.2. The Labute approximate surface area is 138 Å². The Bertz CT molecular complexity index is 566. The van der Waals surface area contributed by atoms with E-state index in [9.17, 15) is 8.42 Å². The van der Waals surface area contributed by atoms with E-state index >= 15 is 0 Å². The second-order valence-electron chi connectivity index (χ2n) is 6.19. The van der Waals surface area contributed by atoms with E-state index in [0.717, 1.165) is 31.0 Å². The minimum Gasteiger partial charge on any atom is -0.307 e. The second-order valence-corrected chi connectivity index (χ2v) is 8.88. The molecule has 6 heteroatoms. The zero-order valence-electron chi connectivity index (χ0n) is 13.3. The number of nitrogens with zero attached hydrogens (tertiary/aromatic N) is 1. The average molecular weight is 345 g/mol. The molecule has 0 amide bonds. The molecule has 1 aliphatic rings. The van der Waals surface area contributed by atoms with Gasteiger partial charge in [0.25, 0.3) is 0 Å². The molecule has 1 aromatic carbocycles. The van der Waals surface area contributed by atoms with Gasteiger partial charge in [-0.15, -0.1) is 0 Å². The summed E-state index contributed by atoms with van der Waals surface area (Å²) in [6.07, 6.45) is 3.42. The number of nitrogens with one attached hydrogen (secondary N) is 1. The molecule has 22 heavy (non-hydrogen) atoms. The zero-order valence-corrected chi connectivity index (χ0v) is 14.8. The van der Waals surface area contributed by atoms with Crippen LogP contribution in [0.1, 0.15) is 31.4 Å². The summed E-state index contributed by atoms with van der Waals surface area (Å²) in [4.78, 5) is 2.24. The first-order valence-corrected chi connectivity index (χ1v) is 10.2. The normalized spacial score (nSPS) is 19.2. The highest BCUT2D eigenvalue weighted by Crippen LogP contribution is 2.19. The molecular formula is C16H25ClN2O2S. The average Bonchev–Trinajstić information content (AvgIpc) is 2.46. The van der Waals surface area contributed by atoms with Gasteiger partial charge >= 0.3 is 0 Å². The summed E-state index contributed by atoms with van der Waals surface area (Å²) < 4.78 is 22.4. The fraction of sp³-hybridized carbons (Fsp3) is 0.625. The van der Waals surface area contributed by atoms with Crippen LogP contribution in [0.25, 0.3) is 0 Å². The second kappa shape index (κ2) is 7.77. The van der Waals surface area contributed by atoms with Crippen LogP contribution in [0.2, 0.25) is 5.02 Å². The van der Waals surface area contributed by atoms with E-state index in [-0.39, 0.29) is 5.75 Å². The maximum Gasteiger partial charge on any atom is 0.148 e. The smallest absolute Gasteiger partial charge is 0.148 e. The van der Waals surface area contributed by atoms with Crippen molar-refractivity contribution in [3.8, 4) is 0 Å². The Hall–Kier alpha value is -0.620. The third kappa shape index (κ3) is 5.88. The SMILES string of the molecule is C[C@H](NC1CCN(CCS(C)(=O)=O)CC1)c1ccc(Cl)cc1. The number of sulfone groups is 1. The first-order valence-electron chi connectivity index (χ1n) is 7.75. The van der Waals surface area contributed by atoms with Gasteiger partial charge in [-0.1, -0.05) is 23.7 Å². The van der Waals surface area contributed by atoms with Crippen LogP contribution in [0.4, 0.5) is 0 Å². The van der Waals surface area contributed by atoms with E-state index < -0.39 is 9.84 Å². The lowest BCUT2D eigenvalue weighted by Gasteiger charge is -2.33. The maximum atomic E-state index is 11.2. The molecule has 4 nitrogen and oxygen atoms in total. The van der Waals surface area contributed by atoms with Gasteiger partial charge in [0.1, 0.15) is 9.84 Å². The molecule has 1 heterocycles. The fourth-order valence-electron chi connectivity index (χ4n) is 2.82. The summed E-state index contributed by atoms with van der Waals surface area (Å²) in [7, 11) is -2.86. The van der Waals surface area contributed by atoms with Crippen LogP contribution in [0.15, 0.2) is 24.3 Å². The predicted octanol–water partition coefficient (Wildman–Crippen LogP) is 2.50. The van der Waals surface area contributed by atoms with Gasteiger partial charge in [-0.05, 0) is 50.6 Å². The van der Waals surface area contributed by atoms with Crippen molar-refractivity contribution in [1.82, 2.24) is 10.2 Å². The van der Waals surface area contributed by atoms with E-state index in [2.05, 4.69) is 29.3 Å². The first kappa shape index (κ1) is 17.7. The van der Waals surface area contributed by atoms with Crippen LogP contribution in [0.5, 0.6) is 0 Å². The summed E-state index contributed by atoms with van der Waals surface area (Å²) in [6, 6.07) is 8.73. The summed E-state index contributed by atoms with van der Waals surface area (Å²) >= 11 is 5.92. The summed E-state index contributed by atoms with van der Waals surface area (Å²) in [6.45, 7) is 4.73. The molecule has 1 N–H and O–H groups in total. The molecule has 124 valence electrons. The lowest BCUT2D eigenvalue weighted by atomic mass is 10.0. The minimum absolute atomic E-state index is 0.256. The van der Waals surface area contributed by atoms with E-state index in [1.54, 1.807) is 0 Å². The maximum absolute atomic E-state index is 11.2. The molecule has 0 bridgehead atoms. The van der Waals surface area contributed by atoms with Crippen LogP contribution in [0.3, 0.4) is 0 Å². The topological polar surface area (TPSA) is 49.4 Å². The van der Waals surface area contributed by atoms with Crippen molar-refractivity contribution in [2.75, 3.05) is 31.6 Å². The van der Waals surface area contributed by atoms with Crippen LogP contribution < -0.4 is 5.32 Å². The number of hydrogen-bond acceptors (Lipinski definition) is 4. The Morgan fingerprint density at radius 3 is 2.41 bits per heavy atom. The summed E-state index contributed by atoms with van der Waals surface area (Å²) in [5.74, 6) is 0.256. The van der Waals surface area contributed by atoms with Crippen molar-refractivity contribution in [1.29, 1.82) is 0 Å². The van der Waals surface area contributed by atoms with Crippen LogP contribution in [0, 0.1) is 0 Å². The van der Waals surface area contributed by atoms with Gasteiger partial charge in [0.15, 0.2) is 0 Å². The molecule has 1 aromatic rings. The molecular weight excluding hydrogens is 320 g/mol. The van der Waals surface area contributed by atoms with E-state index in [0.29, 0.717) is 18.6 Å². The van der Waals surface area contributed by atoms with E-state index in [1.165, 1.54) is 11.8 Å². The lowest BCUT2D eigenvalue weighted by Crippen LogP contribution is -2.44. The van der Waals surface area contributed by atoms with Crippen LogP contribution >= 0.6 is 11.6 Å². The third-order valence-electron chi connectivity index (χ3n) is 4.22. The van der Waals surface area contributed by atoms with E-state index in [4.69, 9.17) is 11.6 Å². The molecule has 1 saturated heterocycles. The standard InChI is InChI=1S/C16H25ClN2O2S/c1-13(14-3-5-15(17)6-4-14)18-16-7-9-19(10-8-16)11-12-22(2,20)21/h3-6,13,16,18H,7-12H2,1-2H3/t13-/m0/s1. The van der Waals surface area contributed by atoms with Crippen molar-refractivity contribution in [2.45, 2.75) is 31.8 Å². The number of rotatable bonds is 6. The van der Waals surface area contributed by atoms with E-state index in [1.807, 2.05) is 12.1 Å². The molecule has 1 atom stereocenters. The van der Waals surface area contributed by atoms with Gasteiger partial charge in [-0.2, -0.15) is 0 Å². The van der Waals surface area contributed by atoms with Crippen LogP contribution in [-0.2, 0) is 9.84 Å². The Morgan fingerprint density at radius 1 is 1.27 bits per heavy atom. The third-order valence-corrected chi connectivity index (χ3v) is 5.40. The van der Waals surface area contributed by atoms with Crippen molar-refractivity contribution >= 4 is 21.4 Å². The fourth-order valence-corrected chi connectivity index (χ4v) is 3.54. The Morgan fingerprint density at radius 2 is 1.86 bits per heavy atom. The van der Waals surface area contributed by atoms with Crippen molar-refractivity contribution < 1.29 is 8.42 Å².